The summed E-state index contributed by atoms with van der Waals surface area (Å²) in [4.78, 5) is 13.4. The second kappa shape index (κ2) is 7.69. The third kappa shape index (κ3) is 4.78. The van der Waals surface area contributed by atoms with Gasteiger partial charge in [0.25, 0.3) is 0 Å². The maximum atomic E-state index is 12.3. The zero-order valence-corrected chi connectivity index (χ0v) is 15.1. The lowest BCUT2D eigenvalue weighted by Crippen LogP contribution is -2.51. The molecule has 2 atom stereocenters. The van der Waals surface area contributed by atoms with Crippen LogP contribution in [0.3, 0.4) is 0 Å². The smallest absolute Gasteiger partial charge is 0.234 e. The predicted octanol–water partition coefficient (Wildman–Crippen LogP) is 4.35. The average Bonchev–Trinajstić information content (AvgIpc) is 2.47. The standard InChI is InChI=1S/C18H26N2OS/c1-12(2)15-7-9-16(10-8-15)22-14(5)17(21)20-18(6,11-19)13(3)4/h7-10,12-14H,1-6H3,(H,20,21). The number of nitriles is 1. The van der Waals surface area contributed by atoms with Crippen molar-refractivity contribution in [2.75, 3.05) is 0 Å². The van der Waals surface area contributed by atoms with E-state index in [4.69, 9.17) is 0 Å². The topological polar surface area (TPSA) is 52.9 Å². The molecular weight excluding hydrogens is 292 g/mol. The number of nitrogens with one attached hydrogen (secondary N) is 1. The lowest BCUT2D eigenvalue weighted by Gasteiger charge is -2.28. The molecule has 22 heavy (non-hydrogen) atoms. The van der Waals surface area contributed by atoms with E-state index in [9.17, 15) is 10.1 Å². The number of amides is 1. The molecule has 0 spiro atoms. The van der Waals surface area contributed by atoms with Gasteiger partial charge in [-0.05, 0) is 43.4 Å². The first kappa shape index (κ1) is 18.6. The van der Waals surface area contributed by atoms with Crippen LogP contribution < -0.4 is 5.32 Å². The number of thioether (sulfide) groups is 1. The Labute approximate surface area is 138 Å². The second-order valence-corrected chi connectivity index (χ2v) is 7.86. The molecule has 1 rings (SSSR count). The van der Waals surface area contributed by atoms with Gasteiger partial charge in [0, 0.05) is 4.90 Å². The molecule has 0 heterocycles. The molecule has 1 N–H and O–H groups in total. The maximum Gasteiger partial charge on any atom is 0.234 e. The molecule has 1 aromatic carbocycles. The quantitative estimate of drug-likeness (QED) is 0.794. The molecule has 0 fully saturated rings. The van der Waals surface area contributed by atoms with Crippen molar-refractivity contribution in [3.8, 4) is 6.07 Å². The first-order valence-corrected chi connectivity index (χ1v) is 8.57. The van der Waals surface area contributed by atoms with Gasteiger partial charge >= 0.3 is 0 Å². The zero-order valence-electron chi connectivity index (χ0n) is 14.3. The number of hydrogen-bond donors (Lipinski definition) is 1. The van der Waals surface area contributed by atoms with Crippen LogP contribution in [0.2, 0.25) is 0 Å². The van der Waals surface area contributed by atoms with Crippen LogP contribution in [-0.2, 0) is 4.79 Å². The molecule has 2 unspecified atom stereocenters. The van der Waals surface area contributed by atoms with Gasteiger partial charge in [-0.15, -0.1) is 11.8 Å². The molecule has 120 valence electrons. The van der Waals surface area contributed by atoms with E-state index in [0.717, 1.165) is 4.90 Å². The molecule has 0 radical (unpaired) electrons. The zero-order chi connectivity index (χ0) is 16.9. The molecule has 1 aromatic rings. The fraction of sp³-hybridized carbons (Fsp3) is 0.556. The van der Waals surface area contributed by atoms with Crippen molar-refractivity contribution in [3.05, 3.63) is 29.8 Å². The summed E-state index contributed by atoms with van der Waals surface area (Å²) in [6.45, 7) is 11.8. The van der Waals surface area contributed by atoms with Gasteiger partial charge in [-0.25, -0.2) is 0 Å². The van der Waals surface area contributed by atoms with Crippen LogP contribution in [0.4, 0.5) is 0 Å². The highest BCUT2D eigenvalue weighted by molar-refractivity contribution is 8.00. The van der Waals surface area contributed by atoms with Crippen LogP contribution in [0, 0.1) is 17.2 Å². The van der Waals surface area contributed by atoms with Crippen LogP contribution in [0.1, 0.15) is 53.0 Å². The van der Waals surface area contributed by atoms with E-state index in [0.29, 0.717) is 5.92 Å². The van der Waals surface area contributed by atoms with Gasteiger partial charge in [0.2, 0.25) is 5.91 Å². The number of rotatable bonds is 6. The summed E-state index contributed by atoms with van der Waals surface area (Å²) in [6, 6.07) is 10.5. The molecule has 3 nitrogen and oxygen atoms in total. The van der Waals surface area contributed by atoms with Crippen molar-refractivity contribution >= 4 is 17.7 Å². The SMILES string of the molecule is CC(Sc1ccc(C(C)C)cc1)C(=O)NC(C)(C#N)C(C)C. The monoisotopic (exact) mass is 318 g/mol. The lowest BCUT2D eigenvalue weighted by atomic mass is 9.90. The van der Waals surface area contributed by atoms with Gasteiger partial charge in [-0.1, -0.05) is 39.8 Å². The Morgan fingerprint density at radius 3 is 2.14 bits per heavy atom. The molecule has 0 aromatic heterocycles. The second-order valence-electron chi connectivity index (χ2n) is 6.44. The molecule has 0 saturated carbocycles. The summed E-state index contributed by atoms with van der Waals surface area (Å²) in [5, 5.41) is 11.9. The van der Waals surface area contributed by atoms with Gasteiger partial charge in [0.05, 0.1) is 11.3 Å². The Hall–Kier alpha value is -1.47. The minimum atomic E-state index is -0.826. The number of hydrogen-bond acceptors (Lipinski definition) is 3. The Morgan fingerprint density at radius 1 is 1.18 bits per heavy atom. The first-order valence-electron chi connectivity index (χ1n) is 7.69. The Balaban J connectivity index is 2.70. The van der Waals surface area contributed by atoms with Crippen LogP contribution in [-0.4, -0.2) is 16.7 Å². The molecule has 0 aliphatic heterocycles. The normalized spacial score (nSPS) is 15.2. The van der Waals surface area contributed by atoms with Crippen molar-refractivity contribution in [1.82, 2.24) is 5.32 Å². The Morgan fingerprint density at radius 2 is 1.73 bits per heavy atom. The minimum absolute atomic E-state index is 0.0592. The minimum Gasteiger partial charge on any atom is -0.337 e. The lowest BCUT2D eigenvalue weighted by molar-refractivity contribution is -0.121. The number of nitrogens with zero attached hydrogens (tertiary/aromatic N) is 1. The van der Waals surface area contributed by atoms with Crippen LogP contribution >= 0.6 is 11.8 Å². The average molecular weight is 318 g/mol. The molecule has 0 bridgehead atoms. The van der Waals surface area contributed by atoms with Crippen LogP contribution in [0.15, 0.2) is 29.2 Å². The van der Waals surface area contributed by atoms with Gasteiger partial charge < -0.3 is 5.32 Å². The van der Waals surface area contributed by atoms with Crippen LogP contribution in [0.25, 0.3) is 0 Å². The van der Waals surface area contributed by atoms with Crippen LogP contribution in [0.5, 0.6) is 0 Å². The third-order valence-corrected chi connectivity index (χ3v) is 5.11. The molecule has 1 amide bonds. The van der Waals surface area contributed by atoms with E-state index < -0.39 is 5.54 Å². The largest absolute Gasteiger partial charge is 0.337 e. The predicted molar refractivity (Wildman–Crippen MR) is 92.8 cm³/mol. The molecule has 4 heteroatoms. The summed E-state index contributed by atoms with van der Waals surface area (Å²) in [5.74, 6) is 0.460. The van der Waals surface area contributed by atoms with Crippen molar-refractivity contribution in [1.29, 1.82) is 5.26 Å². The van der Waals surface area contributed by atoms with E-state index in [1.807, 2.05) is 20.8 Å². The van der Waals surface area contributed by atoms with Crippen molar-refractivity contribution in [2.45, 2.75) is 63.1 Å². The van der Waals surface area contributed by atoms with E-state index in [-0.39, 0.29) is 17.1 Å². The highest BCUT2D eigenvalue weighted by Gasteiger charge is 2.31. The Kier molecular flexibility index (Phi) is 6.49. The van der Waals surface area contributed by atoms with Gasteiger partial charge in [0.1, 0.15) is 5.54 Å². The van der Waals surface area contributed by atoms with E-state index >= 15 is 0 Å². The Bertz CT molecular complexity index is 545. The highest BCUT2D eigenvalue weighted by atomic mass is 32.2. The van der Waals surface area contributed by atoms with E-state index in [1.165, 1.54) is 17.3 Å². The van der Waals surface area contributed by atoms with E-state index in [1.54, 1.807) is 6.92 Å². The summed E-state index contributed by atoms with van der Waals surface area (Å²) >= 11 is 1.51. The van der Waals surface area contributed by atoms with Crippen molar-refractivity contribution in [2.24, 2.45) is 5.92 Å². The summed E-state index contributed by atoms with van der Waals surface area (Å²) in [6.07, 6.45) is 0. The number of benzene rings is 1. The van der Waals surface area contributed by atoms with Crippen molar-refractivity contribution in [3.63, 3.8) is 0 Å². The van der Waals surface area contributed by atoms with Gasteiger partial charge in [-0.3, -0.25) is 4.79 Å². The maximum absolute atomic E-state index is 12.3. The molecule has 0 aliphatic carbocycles. The number of carbonyl (C=O) groups excluding carboxylic acids is 1. The fourth-order valence-corrected chi connectivity index (χ4v) is 2.72. The van der Waals surface area contributed by atoms with Gasteiger partial charge in [0.15, 0.2) is 0 Å². The fourth-order valence-electron chi connectivity index (χ4n) is 1.85. The summed E-state index contributed by atoms with van der Waals surface area (Å²) in [5.41, 5.74) is 0.464. The first-order chi connectivity index (χ1) is 10.2. The van der Waals surface area contributed by atoms with Gasteiger partial charge in [-0.2, -0.15) is 5.26 Å². The summed E-state index contributed by atoms with van der Waals surface area (Å²) in [7, 11) is 0. The van der Waals surface area contributed by atoms with E-state index in [2.05, 4.69) is 49.5 Å². The number of carbonyl (C=O) groups is 1. The molecular formula is C18H26N2OS. The third-order valence-electron chi connectivity index (χ3n) is 4.00. The molecule has 0 aliphatic rings. The molecule has 0 saturated heterocycles. The van der Waals surface area contributed by atoms with Crippen molar-refractivity contribution < 1.29 is 4.79 Å². The highest BCUT2D eigenvalue weighted by Crippen LogP contribution is 2.26. The summed E-state index contributed by atoms with van der Waals surface area (Å²) < 4.78 is 0.